The van der Waals surface area contributed by atoms with Crippen molar-refractivity contribution in [1.29, 1.82) is 0 Å². The average molecular weight is 342 g/mol. The smallest absolute Gasteiger partial charge is 0.255 e. The summed E-state index contributed by atoms with van der Waals surface area (Å²) in [5.74, 6) is 1.18. The Balaban J connectivity index is 2.14. The third kappa shape index (κ3) is 3.52. The molecule has 110 valence electrons. The molecule has 5 heteroatoms. The normalized spacial score (nSPS) is 18.9. The number of hydrogen-bond acceptors (Lipinski definition) is 3. The lowest BCUT2D eigenvalue weighted by molar-refractivity contribution is 0.0570. The minimum Gasteiger partial charge on any atom is -0.497 e. The number of rotatable bonds is 4. The Morgan fingerprint density at radius 1 is 1.45 bits per heavy atom. The molecule has 4 nitrogen and oxygen atoms in total. The fourth-order valence-corrected chi connectivity index (χ4v) is 3.00. The number of carbonyl (C=O) groups is 1. The van der Waals surface area contributed by atoms with E-state index in [9.17, 15) is 4.79 Å². The van der Waals surface area contributed by atoms with Crippen LogP contribution in [0.1, 0.15) is 23.2 Å². The number of halogens is 1. The van der Waals surface area contributed by atoms with Crippen molar-refractivity contribution >= 4 is 21.8 Å². The molecular formula is C15H20BrNO3. The van der Waals surface area contributed by atoms with Crippen molar-refractivity contribution in [2.24, 2.45) is 5.92 Å². The Labute approximate surface area is 128 Å². The van der Waals surface area contributed by atoms with E-state index in [1.807, 2.05) is 17.0 Å². The highest BCUT2D eigenvalue weighted by Crippen LogP contribution is 2.26. The van der Waals surface area contributed by atoms with Gasteiger partial charge in [0.05, 0.1) is 19.3 Å². The molecule has 2 rings (SSSR count). The molecular weight excluding hydrogens is 322 g/mol. The van der Waals surface area contributed by atoms with Gasteiger partial charge in [0.2, 0.25) is 0 Å². The van der Waals surface area contributed by atoms with Gasteiger partial charge in [-0.1, -0.05) is 0 Å². The molecule has 1 aromatic carbocycles. The molecule has 1 amide bonds. The van der Waals surface area contributed by atoms with E-state index in [2.05, 4.69) is 15.9 Å². The van der Waals surface area contributed by atoms with Crippen LogP contribution < -0.4 is 4.74 Å². The van der Waals surface area contributed by atoms with Crippen LogP contribution in [0.2, 0.25) is 0 Å². The van der Waals surface area contributed by atoms with Crippen molar-refractivity contribution in [3.8, 4) is 5.75 Å². The fourth-order valence-electron chi connectivity index (χ4n) is 2.59. The number of benzene rings is 1. The van der Waals surface area contributed by atoms with Crippen molar-refractivity contribution in [3.63, 3.8) is 0 Å². The minimum absolute atomic E-state index is 0.0524. The van der Waals surface area contributed by atoms with Crippen LogP contribution >= 0.6 is 15.9 Å². The predicted octanol–water partition coefficient (Wildman–Crippen LogP) is 2.96. The number of nitrogens with zero attached hydrogens (tertiary/aromatic N) is 1. The Morgan fingerprint density at radius 3 is 2.95 bits per heavy atom. The fraction of sp³-hybridized carbons (Fsp3) is 0.533. The number of methoxy groups -OCH3 is 2. The van der Waals surface area contributed by atoms with Gasteiger partial charge in [-0.05, 0) is 52.9 Å². The molecule has 0 aliphatic carbocycles. The van der Waals surface area contributed by atoms with Gasteiger partial charge in [-0.3, -0.25) is 4.79 Å². The molecule has 0 aromatic heterocycles. The molecule has 0 N–H and O–H groups in total. The van der Waals surface area contributed by atoms with Crippen molar-refractivity contribution in [1.82, 2.24) is 4.90 Å². The van der Waals surface area contributed by atoms with Crippen LogP contribution in [-0.4, -0.2) is 44.7 Å². The van der Waals surface area contributed by atoms with E-state index in [-0.39, 0.29) is 5.91 Å². The molecule has 0 radical (unpaired) electrons. The van der Waals surface area contributed by atoms with Crippen molar-refractivity contribution < 1.29 is 14.3 Å². The zero-order valence-corrected chi connectivity index (χ0v) is 13.5. The van der Waals surface area contributed by atoms with E-state index in [1.54, 1.807) is 20.3 Å². The largest absolute Gasteiger partial charge is 0.497 e. The van der Waals surface area contributed by atoms with Crippen LogP contribution in [0.4, 0.5) is 0 Å². The van der Waals surface area contributed by atoms with Crippen LogP contribution in [-0.2, 0) is 4.74 Å². The van der Waals surface area contributed by atoms with Gasteiger partial charge >= 0.3 is 0 Å². The quantitative estimate of drug-likeness (QED) is 0.845. The second-order valence-corrected chi connectivity index (χ2v) is 5.91. The van der Waals surface area contributed by atoms with Gasteiger partial charge in [-0.25, -0.2) is 0 Å². The standard InChI is InChI=1S/C15H20BrNO3/c1-19-10-11-4-3-7-17(9-11)15(18)13-8-12(20-2)5-6-14(13)16/h5-6,8,11H,3-4,7,9-10H2,1-2H3/t11-/m0/s1. The lowest BCUT2D eigenvalue weighted by atomic mass is 9.98. The molecule has 0 saturated carbocycles. The van der Waals surface area contributed by atoms with E-state index in [0.29, 0.717) is 23.8 Å². The Bertz CT molecular complexity index is 476. The topological polar surface area (TPSA) is 38.8 Å². The van der Waals surface area contributed by atoms with Gasteiger partial charge in [0.15, 0.2) is 0 Å². The number of likely N-dealkylation sites (tertiary alicyclic amines) is 1. The van der Waals surface area contributed by atoms with Gasteiger partial charge in [0.25, 0.3) is 5.91 Å². The van der Waals surface area contributed by atoms with Gasteiger partial charge < -0.3 is 14.4 Å². The first-order chi connectivity index (χ1) is 9.65. The molecule has 1 heterocycles. The van der Waals surface area contributed by atoms with Gasteiger partial charge in [0, 0.05) is 24.7 Å². The predicted molar refractivity (Wildman–Crippen MR) is 81.2 cm³/mol. The summed E-state index contributed by atoms with van der Waals surface area (Å²) in [6.07, 6.45) is 2.15. The molecule has 0 unspecified atom stereocenters. The molecule has 1 aliphatic rings. The van der Waals surface area contributed by atoms with E-state index < -0.39 is 0 Å². The number of piperidine rings is 1. The average Bonchev–Trinajstić information content (AvgIpc) is 2.48. The maximum Gasteiger partial charge on any atom is 0.255 e. The lowest BCUT2D eigenvalue weighted by Crippen LogP contribution is -2.41. The molecule has 1 aromatic rings. The molecule has 1 aliphatic heterocycles. The number of carbonyl (C=O) groups excluding carboxylic acids is 1. The number of amides is 1. The summed E-state index contributed by atoms with van der Waals surface area (Å²) in [5.41, 5.74) is 0.655. The van der Waals surface area contributed by atoms with Crippen LogP contribution in [0.3, 0.4) is 0 Å². The summed E-state index contributed by atoms with van der Waals surface area (Å²) in [7, 11) is 3.31. The number of ether oxygens (including phenoxy) is 2. The summed E-state index contributed by atoms with van der Waals surface area (Å²) in [5, 5.41) is 0. The maximum atomic E-state index is 12.6. The van der Waals surface area contributed by atoms with E-state index in [1.165, 1.54) is 0 Å². The first-order valence-corrected chi connectivity index (χ1v) is 7.56. The Morgan fingerprint density at radius 2 is 2.25 bits per heavy atom. The first-order valence-electron chi connectivity index (χ1n) is 6.77. The third-order valence-corrected chi connectivity index (χ3v) is 4.30. The lowest BCUT2D eigenvalue weighted by Gasteiger charge is -2.32. The van der Waals surface area contributed by atoms with Gasteiger partial charge in [0.1, 0.15) is 5.75 Å². The zero-order chi connectivity index (χ0) is 14.5. The summed E-state index contributed by atoms with van der Waals surface area (Å²) >= 11 is 3.44. The van der Waals surface area contributed by atoms with Crippen molar-refractivity contribution in [2.75, 3.05) is 33.9 Å². The van der Waals surface area contributed by atoms with Crippen LogP contribution in [0, 0.1) is 5.92 Å². The second-order valence-electron chi connectivity index (χ2n) is 5.06. The summed E-state index contributed by atoms with van der Waals surface area (Å²) in [6, 6.07) is 5.47. The third-order valence-electron chi connectivity index (χ3n) is 3.61. The minimum atomic E-state index is 0.0524. The number of hydrogen-bond donors (Lipinski definition) is 0. The highest BCUT2D eigenvalue weighted by atomic mass is 79.9. The van der Waals surface area contributed by atoms with Crippen LogP contribution in [0.5, 0.6) is 5.75 Å². The zero-order valence-electron chi connectivity index (χ0n) is 11.9. The van der Waals surface area contributed by atoms with Crippen LogP contribution in [0.15, 0.2) is 22.7 Å². The monoisotopic (exact) mass is 341 g/mol. The van der Waals surface area contributed by atoms with Crippen molar-refractivity contribution in [2.45, 2.75) is 12.8 Å². The summed E-state index contributed by atoms with van der Waals surface area (Å²) < 4.78 is 11.2. The van der Waals surface area contributed by atoms with Gasteiger partial charge in [-0.15, -0.1) is 0 Å². The van der Waals surface area contributed by atoms with Crippen molar-refractivity contribution in [3.05, 3.63) is 28.2 Å². The highest BCUT2D eigenvalue weighted by molar-refractivity contribution is 9.10. The molecule has 1 atom stereocenters. The molecule has 20 heavy (non-hydrogen) atoms. The maximum absolute atomic E-state index is 12.6. The highest BCUT2D eigenvalue weighted by Gasteiger charge is 2.25. The van der Waals surface area contributed by atoms with E-state index >= 15 is 0 Å². The first kappa shape index (κ1) is 15.3. The molecule has 0 bridgehead atoms. The second kappa shape index (κ2) is 7.09. The van der Waals surface area contributed by atoms with E-state index in [0.717, 1.165) is 30.4 Å². The summed E-state index contributed by atoms with van der Waals surface area (Å²) in [6.45, 7) is 2.28. The Hall–Kier alpha value is -1.07. The molecule has 1 saturated heterocycles. The van der Waals surface area contributed by atoms with Gasteiger partial charge in [-0.2, -0.15) is 0 Å². The van der Waals surface area contributed by atoms with Crippen LogP contribution in [0.25, 0.3) is 0 Å². The Kier molecular flexibility index (Phi) is 5.43. The van der Waals surface area contributed by atoms with E-state index in [4.69, 9.17) is 9.47 Å². The molecule has 1 fully saturated rings. The SMILES string of the molecule is COC[C@H]1CCCN(C(=O)c2cc(OC)ccc2Br)C1. The summed E-state index contributed by atoms with van der Waals surface area (Å²) in [4.78, 5) is 14.5. The molecule has 0 spiro atoms.